The number of carbonyl (C=O) groups excluding carboxylic acids is 1. The normalized spacial score (nSPS) is 11.3. The van der Waals surface area contributed by atoms with Gasteiger partial charge < -0.3 is 14.5 Å². The molecule has 25 heavy (non-hydrogen) atoms. The molecule has 0 aliphatic rings. The number of hydrogen-bond donors (Lipinski definition) is 1. The van der Waals surface area contributed by atoms with Gasteiger partial charge in [0.25, 0.3) is 11.5 Å². The summed E-state index contributed by atoms with van der Waals surface area (Å²) in [4.78, 5) is 37.8. The first-order chi connectivity index (χ1) is 12.0. The van der Waals surface area contributed by atoms with Crippen LogP contribution in [0.5, 0.6) is 0 Å². The van der Waals surface area contributed by atoms with Crippen LogP contribution >= 0.6 is 11.3 Å². The summed E-state index contributed by atoms with van der Waals surface area (Å²) in [5.74, 6) is 0.225. The van der Waals surface area contributed by atoms with E-state index in [0.717, 1.165) is 11.0 Å². The third-order valence-corrected chi connectivity index (χ3v) is 4.94. The Kier molecular flexibility index (Phi) is 3.61. The zero-order valence-corrected chi connectivity index (χ0v) is 14.5. The van der Waals surface area contributed by atoms with E-state index in [1.54, 1.807) is 19.2 Å². The standard InChI is InChI=1S/C17H15N5O2S/c1-21-7-5-10-3-4-12(19-15(10)21)17(24)22(2)9-13-18-11-6-8-25-14(11)16(23)20-13/h3-8H,9H2,1-2H3,(H,18,20,23). The minimum absolute atomic E-state index is 0.181. The van der Waals surface area contributed by atoms with Crippen LogP contribution in [0.3, 0.4) is 0 Å². The summed E-state index contributed by atoms with van der Waals surface area (Å²) < 4.78 is 2.46. The Morgan fingerprint density at radius 1 is 1.28 bits per heavy atom. The molecule has 1 N–H and O–H groups in total. The number of nitrogens with one attached hydrogen (secondary N) is 1. The van der Waals surface area contributed by atoms with Gasteiger partial charge in [-0.05, 0) is 29.6 Å². The zero-order valence-electron chi connectivity index (χ0n) is 13.7. The average molecular weight is 353 g/mol. The Balaban J connectivity index is 1.62. The maximum Gasteiger partial charge on any atom is 0.272 e. The maximum atomic E-state index is 12.7. The van der Waals surface area contributed by atoms with Gasteiger partial charge in [-0.25, -0.2) is 9.97 Å². The van der Waals surface area contributed by atoms with Crippen LogP contribution in [0, 0.1) is 0 Å². The first-order valence-corrected chi connectivity index (χ1v) is 8.55. The van der Waals surface area contributed by atoms with Gasteiger partial charge in [0.1, 0.15) is 21.9 Å². The van der Waals surface area contributed by atoms with Gasteiger partial charge in [0.15, 0.2) is 0 Å². The number of aryl methyl sites for hydroxylation is 1. The Bertz CT molecular complexity index is 1160. The van der Waals surface area contributed by atoms with Gasteiger partial charge in [0, 0.05) is 25.7 Å². The van der Waals surface area contributed by atoms with Crippen molar-refractivity contribution >= 4 is 38.5 Å². The molecule has 0 unspecified atom stereocenters. The molecule has 4 heterocycles. The molecule has 0 atom stereocenters. The molecule has 0 saturated carbocycles. The van der Waals surface area contributed by atoms with Crippen molar-refractivity contribution in [3.05, 3.63) is 57.7 Å². The van der Waals surface area contributed by atoms with Crippen molar-refractivity contribution in [3.8, 4) is 0 Å². The second kappa shape index (κ2) is 5.82. The summed E-state index contributed by atoms with van der Waals surface area (Å²) in [6.45, 7) is 0.201. The van der Waals surface area contributed by atoms with Gasteiger partial charge in [-0.3, -0.25) is 9.59 Å². The summed E-state index contributed by atoms with van der Waals surface area (Å²) in [6, 6.07) is 7.33. The van der Waals surface area contributed by atoms with Gasteiger partial charge in [0.2, 0.25) is 0 Å². The van der Waals surface area contributed by atoms with Crippen LogP contribution in [0.15, 0.2) is 40.6 Å². The molecular formula is C17H15N5O2S. The lowest BCUT2D eigenvalue weighted by Gasteiger charge is -2.16. The highest BCUT2D eigenvalue weighted by molar-refractivity contribution is 7.17. The third-order valence-electron chi connectivity index (χ3n) is 4.03. The van der Waals surface area contributed by atoms with E-state index in [2.05, 4.69) is 15.0 Å². The van der Waals surface area contributed by atoms with E-state index >= 15 is 0 Å². The second-order valence-electron chi connectivity index (χ2n) is 5.84. The van der Waals surface area contributed by atoms with Crippen molar-refractivity contribution in [2.45, 2.75) is 6.54 Å². The van der Waals surface area contributed by atoms with Gasteiger partial charge >= 0.3 is 0 Å². The van der Waals surface area contributed by atoms with Gasteiger partial charge in [0.05, 0.1) is 12.1 Å². The van der Waals surface area contributed by atoms with Crippen molar-refractivity contribution in [1.29, 1.82) is 0 Å². The van der Waals surface area contributed by atoms with E-state index in [1.807, 2.05) is 35.3 Å². The smallest absolute Gasteiger partial charge is 0.272 e. The topological polar surface area (TPSA) is 83.9 Å². The van der Waals surface area contributed by atoms with Crippen LogP contribution in [-0.4, -0.2) is 37.4 Å². The number of amides is 1. The molecule has 0 saturated heterocycles. The van der Waals surface area contributed by atoms with Gasteiger partial charge in [-0.15, -0.1) is 11.3 Å². The molecule has 4 aromatic heterocycles. The maximum absolute atomic E-state index is 12.7. The zero-order chi connectivity index (χ0) is 17.6. The lowest BCUT2D eigenvalue weighted by Crippen LogP contribution is -2.29. The van der Waals surface area contributed by atoms with E-state index in [1.165, 1.54) is 16.2 Å². The lowest BCUT2D eigenvalue weighted by molar-refractivity contribution is 0.0776. The number of pyridine rings is 1. The Hall–Kier alpha value is -3.00. The summed E-state index contributed by atoms with van der Waals surface area (Å²) in [6.07, 6.45) is 1.90. The van der Waals surface area contributed by atoms with Crippen LogP contribution in [-0.2, 0) is 13.6 Å². The van der Waals surface area contributed by atoms with Crippen LogP contribution in [0.25, 0.3) is 21.3 Å². The fraction of sp³-hybridized carbons (Fsp3) is 0.176. The van der Waals surface area contributed by atoms with Crippen LogP contribution in [0.4, 0.5) is 0 Å². The molecule has 126 valence electrons. The molecule has 0 spiro atoms. The Morgan fingerprint density at radius 3 is 2.96 bits per heavy atom. The molecule has 0 fully saturated rings. The predicted octanol–water partition coefficient (Wildman–Crippen LogP) is 2.14. The van der Waals surface area contributed by atoms with Crippen molar-refractivity contribution in [1.82, 2.24) is 24.4 Å². The number of fused-ring (bicyclic) bond motifs is 2. The largest absolute Gasteiger partial charge is 0.336 e. The lowest BCUT2D eigenvalue weighted by atomic mass is 10.2. The van der Waals surface area contributed by atoms with Gasteiger partial charge in [-0.2, -0.15) is 0 Å². The number of thiophene rings is 1. The first kappa shape index (κ1) is 15.5. The van der Waals surface area contributed by atoms with Crippen LogP contribution < -0.4 is 5.56 Å². The number of nitrogens with zero attached hydrogens (tertiary/aromatic N) is 4. The van der Waals surface area contributed by atoms with Crippen molar-refractivity contribution in [2.24, 2.45) is 7.05 Å². The molecule has 4 aromatic rings. The predicted molar refractivity (Wildman–Crippen MR) is 96.8 cm³/mol. The fourth-order valence-electron chi connectivity index (χ4n) is 2.74. The van der Waals surface area contributed by atoms with E-state index in [-0.39, 0.29) is 18.0 Å². The highest BCUT2D eigenvalue weighted by Gasteiger charge is 2.16. The minimum Gasteiger partial charge on any atom is -0.336 e. The van der Waals surface area contributed by atoms with Crippen molar-refractivity contribution < 1.29 is 4.79 Å². The fourth-order valence-corrected chi connectivity index (χ4v) is 3.47. The van der Waals surface area contributed by atoms with E-state index in [0.29, 0.717) is 21.7 Å². The molecule has 7 nitrogen and oxygen atoms in total. The monoisotopic (exact) mass is 353 g/mol. The number of rotatable bonds is 3. The summed E-state index contributed by atoms with van der Waals surface area (Å²) in [5.41, 5.74) is 1.58. The molecule has 4 rings (SSSR count). The van der Waals surface area contributed by atoms with Crippen LogP contribution in [0.2, 0.25) is 0 Å². The molecular weight excluding hydrogens is 338 g/mol. The minimum atomic E-state index is -0.226. The SMILES string of the molecule is CN(Cc1nc2ccsc2c(=O)[nH]1)C(=O)c1ccc2ccn(C)c2n1. The number of aromatic amines is 1. The first-order valence-electron chi connectivity index (χ1n) is 7.67. The molecule has 0 aliphatic carbocycles. The quantitative estimate of drug-likeness (QED) is 0.612. The number of carbonyl (C=O) groups is 1. The summed E-state index contributed by atoms with van der Waals surface area (Å²) in [5, 5.41) is 2.81. The van der Waals surface area contributed by atoms with Crippen LogP contribution in [0.1, 0.15) is 16.3 Å². The summed E-state index contributed by atoms with van der Waals surface area (Å²) in [7, 11) is 3.55. The number of H-pyrrole nitrogens is 1. The number of hydrogen-bond acceptors (Lipinski definition) is 5. The highest BCUT2D eigenvalue weighted by Crippen LogP contribution is 2.16. The Labute approximate surface area is 146 Å². The average Bonchev–Trinajstić information content (AvgIpc) is 3.21. The number of aromatic nitrogens is 4. The summed E-state index contributed by atoms with van der Waals surface area (Å²) >= 11 is 1.35. The van der Waals surface area contributed by atoms with E-state index in [4.69, 9.17) is 0 Å². The Morgan fingerprint density at radius 2 is 2.12 bits per heavy atom. The van der Waals surface area contributed by atoms with E-state index < -0.39 is 0 Å². The molecule has 0 bridgehead atoms. The second-order valence-corrected chi connectivity index (χ2v) is 6.76. The molecule has 1 amide bonds. The van der Waals surface area contributed by atoms with Gasteiger partial charge in [-0.1, -0.05) is 0 Å². The third kappa shape index (κ3) is 2.70. The molecule has 0 radical (unpaired) electrons. The van der Waals surface area contributed by atoms with Crippen molar-refractivity contribution in [3.63, 3.8) is 0 Å². The molecule has 0 aromatic carbocycles. The highest BCUT2D eigenvalue weighted by atomic mass is 32.1. The van der Waals surface area contributed by atoms with Crippen molar-refractivity contribution in [2.75, 3.05) is 7.05 Å². The molecule has 0 aliphatic heterocycles. The molecule has 8 heteroatoms. The van der Waals surface area contributed by atoms with E-state index in [9.17, 15) is 9.59 Å².